The van der Waals surface area contributed by atoms with Gasteiger partial charge in [-0.25, -0.2) is 8.42 Å². The number of aromatic nitrogens is 2. The number of rotatable bonds is 7. The molecule has 0 bridgehead atoms. The van der Waals surface area contributed by atoms with Crippen molar-refractivity contribution in [2.24, 2.45) is 0 Å². The number of hydrogen-bond acceptors (Lipinski definition) is 7. The molecule has 0 saturated heterocycles. The summed E-state index contributed by atoms with van der Waals surface area (Å²) in [4.78, 5) is 10.9. The Kier molecular flexibility index (Phi) is 6.97. The van der Waals surface area contributed by atoms with Crippen LogP contribution in [-0.4, -0.2) is 41.9 Å². The Morgan fingerprint density at radius 3 is 2.29 bits per heavy atom. The molecule has 31 heavy (non-hydrogen) atoms. The second kappa shape index (κ2) is 9.33. The van der Waals surface area contributed by atoms with Crippen LogP contribution in [0, 0.1) is 0 Å². The first-order valence-electron chi connectivity index (χ1n) is 8.75. The summed E-state index contributed by atoms with van der Waals surface area (Å²) >= 11 is 6.48. The molecule has 0 atom stereocenters. The maximum atomic E-state index is 13.3. The maximum absolute atomic E-state index is 13.3. The zero-order valence-electron chi connectivity index (χ0n) is 16.0. The summed E-state index contributed by atoms with van der Waals surface area (Å²) < 4.78 is 32.0. The van der Waals surface area contributed by atoms with Gasteiger partial charge in [0.1, 0.15) is 10.6 Å². The standard InChI is InChI=1S/C20H16Br2N2O6S/c1-30-18-5-2-13(23-24-18)9-12-10-14(3-4-17(12)25)31(28,29)20-15(21)6-11(7-16(20)22)8-19(26)27/h2-7,10,25H,8-9H2,1H3,(H,26,27). The van der Waals surface area contributed by atoms with Crippen LogP contribution in [0.4, 0.5) is 0 Å². The molecule has 0 saturated carbocycles. The summed E-state index contributed by atoms with van der Waals surface area (Å²) in [7, 11) is -2.53. The van der Waals surface area contributed by atoms with E-state index >= 15 is 0 Å². The zero-order valence-corrected chi connectivity index (χ0v) is 20.0. The number of benzene rings is 2. The Labute approximate surface area is 195 Å². The number of phenolic OH excluding ortho intramolecular Hbond substituents is 1. The van der Waals surface area contributed by atoms with Gasteiger partial charge in [0.2, 0.25) is 15.7 Å². The third kappa shape index (κ3) is 5.23. The number of carboxylic acid groups (broad SMARTS) is 1. The molecule has 11 heteroatoms. The first-order valence-corrected chi connectivity index (χ1v) is 11.8. The molecule has 0 radical (unpaired) electrons. The van der Waals surface area contributed by atoms with Crippen molar-refractivity contribution < 1.29 is 28.2 Å². The van der Waals surface area contributed by atoms with Gasteiger partial charge in [0.25, 0.3) is 0 Å². The normalized spacial score (nSPS) is 11.3. The number of hydrogen-bond donors (Lipinski definition) is 2. The predicted octanol–water partition coefficient (Wildman–Crippen LogP) is 3.77. The lowest BCUT2D eigenvalue weighted by Gasteiger charge is -2.13. The van der Waals surface area contributed by atoms with Crippen LogP contribution in [0.2, 0.25) is 0 Å². The van der Waals surface area contributed by atoms with E-state index < -0.39 is 15.8 Å². The number of ether oxygens (including phenoxy) is 1. The number of phenols is 1. The molecule has 1 heterocycles. The van der Waals surface area contributed by atoms with Crippen LogP contribution in [-0.2, 0) is 27.5 Å². The molecule has 0 fully saturated rings. The van der Waals surface area contributed by atoms with Crippen LogP contribution in [0.3, 0.4) is 0 Å². The van der Waals surface area contributed by atoms with Crippen LogP contribution in [0.5, 0.6) is 11.6 Å². The van der Waals surface area contributed by atoms with E-state index in [2.05, 4.69) is 42.1 Å². The summed E-state index contributed by atoms with van der Waals surface area (Å²) in [5.74, 6) is -0.768. The average Bonchev–Trinajstić information content (AvgIpc) is 2.68. The number of carboxylic acids is 1. The molecule has 2 aromatic carbocycles. The Morgan fingerprint density at radius 1 is 1.06 bits per heavy atom. The predicted molar refractivity (Wildman–Crippen MR) is 118 cm³/mol. The second-order valence-corrected chi connectivity index (χ2v) is 10.1. The molecule has 0 aliphatic rings. The Morgan fingerprint density at radius 2 is 1.74 bits per heavy atom. The quantitative estimate of drug-likeness (QED) is 0.439. The summed E-state index contributed by atoms with van der Waals surface area (Å²) in [5.41, 5.74) is 1.32. The van der Waals surface area contributed by atoms with Crippen molar-refractivity contribution in [1.29, 1.82) is 0 Å². The zero-order chi connectivity index (χ0) is 22.8. The van der Waals surface area contributed by atoms with Gasteiger partial charge in [-0.1, -0.05) is 0 Å². The highest BCUT2D eigenvalue weighted by Gasteiger charge is 2.25. The SMILES string of the molecule is COc1ccc(Cc2cc(S(=O)(=O)c3c(Br)cc(CC(=O)O)cc3Br)ccc2O)nn1. The van der Waals surface area contributed by atoms with Crippen molar-refractivity contribution in [1.82, 2.24) is 10.2 Å². The molecular formula is C20H16Br2N2O6S. The Bertz CT molecular complexity index is 1220. The number of sulfone groups is 1. The summed E-state index contributed by atoms with van der Waals surface area (Å²) in [5, 5.41) is 27.1. The lowest BCUT2D eigenvalue weighted by molar-refractivity contribution is -0.136. The molecule has 3 aromatic rings. The van der Waals surface area contributed by atoms with Gasteiger partial charge >= 0.3 is 5.97 Å². The fourth-order valence-corrected chi connectivity index (χ4v) is 6.85. The Balaban J connectivity index is 2.00. The largest absolute Gasteiger partial charge is 0.508 e. The van der Waals surface area contributed by atoms with Crippen molar-refractivity contribution in [2.75, 3.05) is 7.11 Å². The summed E-state index contributed by atoms with van der Waals surface area (Å²) in [6, 6.07) is 10.2. The van der Waals surface area contributed by atoms with Crippen LogP contribution in [0.25, 0.3) is 0 Å². The molecule has 8 nitrogen and oxygen atoms in total. The number of methoxy groups -OCH3 is 1. The number of halogens is 2. The van der Waals surface area contributed by atoms with E-state index in [9.17, 15) is 18.3 Å². The molecule has 2 N–H and O–H groups in total. The molecule has 1 aromatic heterocycles. The first kappa shape index (κ1) is 23.2. The average molecular weight is 572 g/mol. The van der Waals surface area contributed by atoms with Gasteiger partial charge in [0.05, 0.1) is 24.1 Å². The monoisotopic (exact) mass is 570 g/mol. The summed E-state index contributed by atoms with van der Waals surface area (Å²) in [6.45, 7) is 0. The van der Waals surface area contributed by atoms with Crippen LogP contribution < -0.4 is 4.74 Å². The molecule has 3 rings (SSSR count). The second-order valence-electron chi connectivity index (χ2n) is 6.50. The van der Waals surface area contributed by atoms with Gasteiger partial charge in [0, 0.05) is 27.0 Å². The molecule has 0 spiro atoms. The van der Waals surface area contributed by atoms with Crippen molar-refractivity contribution in [2.45, 2.75) is 22.6 Å². The van der Waals surface area contributed by atoms with Crippen molar-refractivity contribution in [3.05, 3.63) is 68.2 Å². The number of aliphatic carboxylic acids is 1. The topological polar surface area (TPSA) is 127 Å². The smallest absolute Gasteiger partial charge is 0.307 e. The lowest BCUT2D eigenvalue weighted by Crippen LogP contribution is -2.07. The highest BCUT2D eigenvalue weighted by Crippen LogP contribution is 2.36. The van der Waals surface area contributed by atoms with Crippen LogP contribution in [0.15, 0.2) is 61.2 Å². The lowest BCUT2D eigenvalue weighted by atomic mass is 10.1. The minimum atomic E-state index is -4.00. The van der Waals surface area contributed by atoms with Gasteiger partial charge in [-0.3, -0.25) is 4.79 Å². The molecule has 0 aliphatic carbocycles. The number of carbonyl (C=O) groups is 1. The minimum absolute atomic E-state index is 0.0332. The van der Waals surface area contributed by atoms with Crippen molar-refractivity contribution in [3.8, 4) is 11.6 Å². The molecule has 0 amide bonds. The van der Waals surface area contributed by atoms with Gasteiger partial charge < -0.3 is 14.9 Å². The highest BCUT2D eigenvalue weighted by molar-refractivity contribution is 9.11. The molecular weight excluding hydrogens is 556 g/mol. The van der Waals surface area contributed by atoms with E-state index in [0.29, 0.717) is 22.7 Å². The fourth-order valence-electron chi connectivity index (χ4n) is 2.88. The third-order valence-corrected chi connectivity index (χ3v) is 7.95. The minimum Gasteiger partial charge on any atom is -0.508 e. The van der Waals surface area contributed by atoms with E-state index in [1.807, 2.05) is 0 Å². The van der Waals surface area contributed by atoms with Crippen LogP contribution in [0.1, 0.15) is 16.8 Å². The van der Waals surface area contributed by atoms with Crippen LogP contribution >= 0.6 is 31.9 Å². The fraction of sp³-hybridized carbons (Fsp3) is 0.150. The van der Waals surface area contributed by atoms with E-state index in [4.69, 9.17) is 9.84 Å². The third-order valence-electron chi connectivity index (χ3n) is 4.32. The van der Waals surface area contributed by atoms with Gasteiger partial charge in [-0.05, 0) is 73.8 Å². The van der Waals surface area contributed by atoms with E-state index in [0.717, 1.165) is 0 Å². The maximum Gasteiger partial charge on any atom is 0.307 e. The van der Waals surface area contributed by atoms with Gasteiger partial charge in [-0.15, -0.1) is 5.10 Å². The Hall–Kier alpha value is -2.50. The van der Waals surface area contributed by atoms with Gasteiger partial charge in [0.15, 0.2) is 0 Å². The molecule has 0 aliphatic heterocycles. The highest BCUT2D eigenvalue weighted by atomic mass is 79.9. The molecule has 162 valence electrons. The number of nitrogens with zero attached hydrogens (tertiary/aromatic N) is 2. The first-order chi connectivity index (χ1) is 14.6. The molecule has 0 unspecified atom stereocenters. The van der Waals surface area contributed by atoms with Crippen molar-refractivity contribution in [3.63, 3.8) is 0 Å². The van der Waals surface area contributed by atoms with Gasteiger partial charge in [-0.2, -0.15) is 5.10 Å². The summed E-state index contributed by atoms with van der Waals surface area (Å²) in [6.07, 6.45) is -0.0874. The van der Waals surface area contributed by atoms with E-state index in [1.165, 1.54) is 37.4 Å². The van der Waals surface area contributed by atoms with E-state index in [1.54, 1.807) is 12.1 Å². The van der Waals surface area contributed by atoms with Crippen molar-refractivity contribution >= 4 is 47.7 Å². The van der Waals surface area contributed by atoms with E-state index in [-0.39, 0.29) is 37.3 Å². The number of aromatic hydroxyl groups is 1.